The average molecular weight is 211 g/mol. The van der Waals surface area contributed by atoms with Crippen molar-refractivity contribution in [2.24, 2.45) is 0 Å². The third kappa shape index (κ3) is 2.51. The molecule has 0 saturated carbocycles. The lowest BCUT2D eigenvalue weighted by atomic mass is 9.99. The van der Waals surface area contributed by atoms with Crippen molar-refractivity contribution < 1.29 is 9.28 Å². The van der Waals surface area contributed by atoms with Gasteiger partial charge in [0.1, 0.15) is 0 Å². The Bertz CT molecular complexity index is 240. The topological polar surface area (TPSA) is 20.3 Å². The molecule has 0 unspecified atom stereocenters. The summed E-state index contributed by atoms with van der Waals surface area (Å²) < 4.78 is 1.12. The standard InChI is InChI=1S/C12H23N2O/c1-14(2)9-6-11(7-10-14)13-8-4-3-5-12(13)15/h11H,3-10H2,1-2H3/q+1. The predicted octanol–water partition coefficient (Wildman–Crippen LogP) is 1.24. The summed E-state index contributed by atoms with van der Waals surface area (Å²) in [5.74, 6) is 0.401. The summed E-state index contributed by atoms with van der Waals surface area (Å²) in [7, 11) is 4.57. The molecule has 0 N–H and O–H groups in total. The van der Waals surface area contributed by atoms with Crippen molar-refractivity contribution in [3.63, 3.8) is 0 Å². The van der Waals surface area contributed by atoms with Gasteiger partial charge in [-0.05, 0) is 12.8 Å². The highest BCUT2D eigenvalue weighted by Gasteiger charge is 2.32. The Labute approximate surface area is 92.6 Å². The van der Waals surface area contributed by atoms with Gasteiger partial charge in [-0.2, -0.15) is 0 Å². The molecule has 2 aliphatic heterocycles. The summed E-state index contributed by atoms with van der Waals surface area (Å²) in [5.41, 5.74) is 0. The van der Waals surface area contributed by atoms with Crippen molar-refractivity contribution >= 4 is 5.91 Å². The second-order valence-corrected chi connectivity index (χ2v) is 5.66. The minimum absolute atomic E-state index is 0.401. The highest BCUT2D eigenvalue weighted by molar-refractivity contribution is 5.77. The zero-order valence-corrected chi connectivity index (χ0v) is 10.0. The molecule has 15 heavy (non-hydrogen) atoms. The van der Waals surface area contributed by atoms with Gasteiger partial charge in [0.25, 0.3) is 0 Å². The zero-order valence-electron chi connectivity index (χ0n) is 10.0. The molecule has 2 fully saturated rings. The van der Waals surface area contributed by atoms with Crippen LogP contribution >= 0.6 is 0 Å². The van der Waals surface area contributed by atoms with Crippen LogP contribution in [-0.2, 0) is 4.79 Å². The quantitative estimate of drug-likeness (QED) is 0.598. The van der Waals surface area contributed by atoms with Crippen molar-refractivity contribution in [2.45, 2.75) is 38.1 Å². The molecule has 0 spiro atoms. The molecule has 0 atom stereocenters. The lowest BCUT2D eigenvalue weighted by Crippen LogP contribution is -2.53. The maximum Gasteiger partial charge on any atom is 0.222 e. The Balaban J connectivity index is 1.92. The fourth-order valence-corrected chi connectivity index (χ4v) is 2.78. The molecule has 3 heteroatoms. The van der Waals surface area contributed by atoms with Crippen LogP contribution in [0, 0.1) is 0 Å². The third-order valence-electron chi connectivity index (χ3n) is 3.94. The van der Waals surface area contributed by atoms with Crippen LogP contribution in [-0.4, -0.2) is 55.1 Å². The molecule has 2 aliphatic rings. The van der Waals surface area contributed by atoms with Crippen LogP contribution in [0.5, 0.6) is 0 Å². The fraction of sp³-hybridized carbons (Fsp3) is 0.917. The maximum atomic E-state index is 11.8. The number of carbonyl (C=O) groups is 1. The number of amides is 1. The van der Waals surface area contributed by atoms with E-state index in [4.69, 9.17) is 0 Å². The molecule has 0 aromatic carbocycles. The Kier molecular flexibility index (Phi) is 3.01. The van der Waals surface area contributed by atoms with E-state index in [-0.39, 0.29) is 0 Å². The van der Waals surface area contributed by atoms with Crippen molar-refractivity contribution in [1.82, 2.24) is 4.90 Å². The Morgan fingerprint density at radius 2 is 1.87 bits per heavy atom. The molecule has 0 aliphatic carbocycles. The van der Waals surface area contributed by atoms with E-state index in [0.717, 1.165) is 23.9 Å². The first-order valence-electron chi connectivity index (χ1n) is 6.20. The number of nitrogens with zero attached hydrogens (tertiary/aromatic N) is 2. The van der Waals surface area contributed by atoms with Crippen molar-refractivity contribution in [3.05, 3.63) is 0 Å². The zero-order chi connectivity index (χ0) is 10.9. The van der Waals surface area contributed by atoms with Crippen LogP contribution in [0.15, 0.2) is 0 Å². The second-order valence-electron chi connectivity index (χ2n) is 5.66. The molecule has 0 bridgehead atoms. The smallest absolute Gasteiger partial charge is 0.222 e. The number of piperidine rings is 2. The number of hydrogen-bond donors (Lipinski definition) is 0. The molecule has 0 aromatic rings. The molecule has 3 nitrogen and oxygen atoms in total. The van der Waals surface area contributed by atoms with Gasteiger partial charge in [-0.15, -0.1) is 0 Å². The Morgan fingerprint density at radius 1 is 1.20 bits per heavy atom. The number of carbonyl (C=O) groups excluding carboxylic acids is 1. The van der Waals surface area contributed by atoms with E-state index in [1.54, 1.807) is 0 Å². The summed E-state index contributed by atoms with van der Waals surface area (Å²) in [4.78, 5) is 13.9. The van der Waals surface area contributed by atoms with Gasteiger partial charge in [0.15, 0.2) is 0 Å². The monoisotopic (exact) mass is 211 g/mol. The van der Waals surface area contributed by atoms with Gasteiger partial charge in [0.05, 0.1) is 27.2 Å². The molecule has 0 aromatic heterocycles. The number of quaternary nitrogens is 1. The van der Waals surface area contributed by atoms with Crippen LogP contribution in [0.25, 0.3) is 0 Å². The third-order valence-corrected chi connectivity index (χ3v) is 3.94. The fourth-order valence-electron chi connectivity index (χ4n) is 2.78. The van der Waals surface area contributed by atoms with Gasteiger partial charge in [-0.3, -0.25) is 4.79 Å². The van der Waals surface area contributed by atoms with Gasteiger partial charge >= 0.3 is 0 Å². The summed E-state index contributed by atoms with van der Waals surface area (Å²) in [6.07, 6.45) is 5.48. The van der Waals surface area contributed by atoms with Crippen LogP contribution in [0.1, 0.15) is 32.1 Å². The molecule has 1 amide bonds. The maximum absolute atomic E-state index is 11.8. The van der Waals surface area contributed by atoms with E-state index in [1.165, 1.54) is 32.4 Å². The number of rotatable bonds is 1. The summed E-state index contributed by atoms with van der Waals surface area (Å²) in [6.45, 7) is 3.44. The summed E-state index contributed by atoms with van der Waals surface area (Å²) in [6, 6.07) is 0.545. The van der Waals surface area contributed by atoms with Crippen LogP contribution in [0.2, 0.25) is 0 Å². The highest BCUT2D eigenvalue weighted by Crippen LogP contribution is 2.23. The molecule has 2 heterocycles. The molecular weight excluding hydrogens is 188 g/mol. The number of hydrogen-bond acceptors (Lipinski definition) is 1. The van der Waals surface area contributed by atoms with Crippen molar-refractivity contribution in [2.75, 3.05) is 33.7 Å². The Morgan fingerprint density at radius 3 is 2.47 bits per heavy atom. The van der Waals surface area contributed by atoms with Gasteiger partial charge in [0, 0.05) is 31.8 Å². The summed E-state index contributed by atoms with van der Waals surface area (Å²) >= 11 is 0. The molecule has 2 saturated heterocycles. The SMILES string of the molecule is C[N+]1(C)CCC(N2CCCCC2=O)CC1. The minimum Gasteiger partial charge on any atom is -0.339 e. The molecule has 86 valence electrons. The van der Waals surface area contributed by atoms with Crippen molar-refractivity contribution in [1.29, 1.82) is 0 Å². The first-order chi connectivity index (χ1) is 7.08. The van der Waals surface area contributed by atoms with Gasteiger partial charge < -0.3 is 9.38 Å². The van der Waals surface area contributed by atoms with E-state index < -0.39 is 0 Å². The Hall–Kier alpha value is -0.570. The van der Waals surface area contributed by atoms with Gasteiger partial charge in [-0.1, -0.05) is 0 Å². The molecular formula is C12H23N2O+. The second kappa shape index (κ2) is 4.12. The van der Waals surface area contributed by atoms with Gasteiger partial charge in [0.2, 0.25) is 5.91 Å². The molecule has 0 radical (unpaired) electrons. The number of likely N-dealkylation sites (tertiary alicyclic amines) is 2. The average Bonchev–Trinajstić information content (AvgIpc) is 2.19. The van der Waals surface area contributed by atoms with E-state index in [0.29, 0.717) is 11.9 Å². The first-order valence-corrected chi connectivity index (χ1v) is 6.20. The van der Waals surface area contributed by atoms with Gasteiger partial charge in [-0.25, -0.2) is 0 Å². The van der Waals surface area contributed by atoms with Crippen LogP contribution in [0.4, 0.5) is 0 Å². The predicted molar refractivity (Wildman–Crippen MR) is 60.4 cm³/mol. The molecule has 2 rings (SSSR count). The lowest BCUT2D eigenvalue weighted by molar-refractivity contribution is -0.895. The van der Waals surface area contributed by atoms with Crippen LogP contribution < -0.4 is 0 Å². The van der Waals surface area contributed by atoms with Crippen molar-refractivity contribution in [3.8, 4) is 0 Å². The highest BCUT2D eigenvalue weighted by atomic mass is 16.2. The van der Waals surface area contributed by atoms with E-state index in [2.05, 4.69) is 19.0 Å². The summed E-state index contributed by atoms with van der Waals surface area (Å²) in [5, 5.41) is 0. The first kappa shape index (κ1) is 10.9. The van der Waals surface area contributed by atoms with E-state index in [1.807, 2.05) is 0 Å². The van der Waals surface area contributed by atoms with Crippen LogP contribution in [0.3, 0.4) is 0 Å². The lowest BCUT2D eigenvalue weighted by Gasteiger charge is -2.42. The van der Waals surface area contributed by atoms with E-state index >= 15 is 0 Å². The minimum atomic E-state index is 0.401. The largest absolute Gasteiger partial charge is 0.339 e. The normalized spacial score (nSPS) is 28.1. The van der Waals surface area contributed by atoms with E-state index in [9.17, 15) is 4.79 Å².